The largest absolute Gasteiger partial charge is 0.497 e. The molecule has 156 valence electrons. The van der Waals surface area contributed by atoms with Crippen LogP contribution in [0.25, 0.3) is 22.8 Å². The molecule has 0 fully saturated rings. The Morgan fingerprint density at radius 2 is 1.74 bits per heavy atom. The normalized spacial score (nSPS) is 10.6. The fourth-order valence-electron chi connectivity index (χ4n) is 2.97. The number of pyridine rings is 1. The van der Waals surface area contributed by atoms with Crippen LogP contribution in [0.15, 0.2) is 76.2 Å². The topological polar surface area (TPSA) is 99.3 Å². The summed E-state index contributed by atoms with van der Waals surface area (Å²) in [6.45, 7) is 1.83. The summed E-state index contributed by atoms with van der Waals surface area (Å²) < 4.78 is 11.8. The zero-order chi connectivity index (χ0) is 21.8. The van der Waals surface area contributed by atoms with Crippen LogP contribution in [0.1, 0.15) is 5.56 Å². The smallest absolute Gasteiger partial charge is 0.259 e. The molecule has 31 heavy (non-hydrogen) atoms. The zero-order valence-corrected chi connectivity index (χ0v) is 17.0. The van der Waals surface area contributed by atoms with Gasteiger partial charge in [0.1, 0.15) is 12.3 Å². The first-order valence-electron chi connectivity index (χ1n) is 9.57. The third kappa shape index (κ3) is 4.69. The first kappa shape index (κ1) is 20.1. The first-order chi connectivity index (χ1) is 15.0. The molecule has 0 spiro atoms. The first-order valence-corrected chi connectivity index (χ1v) is 9.57. The molecule has 0 radical (unpaired) electrons. The van der Waals surface area contributed by atoms with Crippen LogP contribution < -0.4 is 15.6 Å². The van der Waals surface area contributed by atoms with E-state index in [-0.39, 0.29) is 23.9 Å². The van der Waals surface area contributed by atoms with Crippen molar-refractivity contribution in [3.63, 3.8) is 0 Å². The SMILES string of the molecule is COc1ccc(-c2noc(-c3ccc(=O)n(CC(=O)Nc4ccc(C)cc4)c3)n2)cc1. The third-order valence-corrected chi connectivity index (χ3v) is 4.65. The van der Waals surface area contributed by atoms with E-state index in [2.05, 4.69) is 15.5 Å². The number of amides is 1. The number of ether oxygens (including phenoxy) is 1. The van der Waals surface area contributed by atoms with Crippen LogP contribution in [-0.4, -0.2) is 27.7 Å². The summed E-state index contributed by atoms with van der Waals surface area (Å²) in [6.07, 6.45) is 1.53. The Labute approximate surface area is 178 Å². The van der Waals surface area contributed by atoms with Crippen LogP contribution in [0.2, 0.25) is 0 Å². The highest BCUT2D eigenvalue weighted by molar-refractivity contribution is 5.90. The lowest BCUT2D eigenvalue weighted by Crippen LogP contribution is -2.26. The van der Waals surface area contributed by atoms with Gasteiger partial charge in [-0.15, -0.1) is 0 Å². The van der Waals surface area contributed by atoms with Crippen molar-refractivity contribution in [2.24, 2.45) is 0 Å². The highest BCUT2D eigenvalue weighted by Gasteiger charge is 2.13. The lowest BCUT2D eigenvalue weighted by atomic mass is 10.2. The Hall–Kier alpha value is -4.20. The van der Waals surface area contributed by atoms with Crippen molar-refractivity contribution in [1.29, 1.82) is 0 Å². The summed E-state index contributed by atoms with van der Waals surface area (Å²) in [5.41, 5.74) is 2.76. The Kier molecular flexibility index (Phi) is 5.61. The van der Waals surface area contributed by atoms with Crippen molar-refractivity contribution in [3.8, 4) is 28.6 Å². The zero-order valence-electron chi connectivity index (χ0n) is 17.0. The van der Waals surface area contributed by atoms with Gasteiger partial charge in [0, 0.05) is 23.5 Å². The Bertz CT molecular complexity index is 1260. The Morgan fingerprint density at radius 1 is 1.03 bits per heavy atom. The standard InChI is InChI=1S/C23H20N4O4/c1-15-3-8-18(9-4-15)24-20(28)14-27-13-17(7-12-21(27)29)23-25-22(26-31-23)16-5-10-19(30-2)11-6-16/h3-13H,14H2,1-2H3,(H,24,28). The molecule has 4 rings (SSSR count). The van der Waals surface area contributed by atoms with Crippen LogP contribution >= 0.6 is 0 Å². The van der Waals surface area contributed by atoms with Gasteiger partial charge in [-0.1, -0.05) is 22.9 Å². The van der Waals surface area contributed by atoms with Gasteiger partial charge in [-0.05, 0) is 49.4 Å². The molecule has 2 aromatic heterocycles. The van der Waals surface area contributed by atoms with Gasteiger partial charge in [-0.3, -0.25) is 9.59 Å². The third-order valence-electron chi connectivity index (χ3n) is 4.65. The second-order valence-corrected chi connectivity index (χ2v) is 6.95. The van der Waals surface area contributed by atoms with Gasteiger partial charge in [0.25, 0.3) is 11.4 Å². The molecule has 0 saturated heterocycles. The number of aryl methyl sites for hydroxylation is 1. The Balaban J connectivity index is 1.52. The van der Waals surface area contributed by atoms with E-state index in [0.29, 0.717) is 17.1 Å². The summed E-state index contributed by atoms with van der Waals surface area (Å²) in [5, 5.41) is 6.78. The van der Waals surface area contributed by atoms with Crippen LogP contribution in [0.5, 0.6) is 5.75 Å². The molecule has 1 N–H and O–H groups in total. The number of rotatable bonds is 6. The second-order valence-electron chi connectivity index (χ2n) is 6.95. The lowest BCUT2D eigenvalue weighted by Gasteiger charge is -2.08. The van der Waals surface area contributed by atoms with Gasteiger partial charge in [-0.25, -0.2) is 0 Å². The van der Waals surface area contributed by atoms with Gasteiger partial charge in [0.2, 0.25) is 11.7 Å². The number of carbonyl (C=O) groups excluding carboxylic acids is 1. The van der Waals surface area contributed by atoms with E-state index in [1.54, 1.807) is 25.3 Å². The molecule has 2 heterocycles. The van der Waals surface area contributed by atoms with E-state index in [9.17, 15) is 9.59 Å². The highest BCUT2D eigenvalue weighted by atomic mass is 16.5. The minimum Gasteiger partial charge on any atom is -0.497 e. The number of nitrogens with zero attached hydrogens (tertiary/aromatic N) is 3. The average molecular weight is 416 g/mol. The molecule has 8 nitrogen and oxygen atoms in total. The van der Waals surface area contributed by atoms with Crippen molar-refractivity contribution in [1.82, 2.24) is 14.7 Å². The van der Waals surface area contributed by atoms with Crippen LogP contribution in [0.3, 0.4) is 0 Å². The van der Waals surface area contributed by atoms with E-state index in [1.165, 1.54) is 16.8 Å². The van der Waals surface area contributed by atoms with Gasteiger partial charge in [0.05, 0.1) is 12.7 Å². The number of aromatic nitrogens is 3. The summed E-state index contributed by atoms with van der Waals surface area (Å²) >= 11 is 0. The van der Waals surface area contributed by atoms with Crippen LogP contribution in [-0.2, 0) is 11.3 Å². The number of hydrogen-bond acceptors (Lipinski definition) is 6. The molecular weight excluding hydrogens is 396 g/mol. The number of benzene rings is 2. The molecule has 0 unspecified atom stereocenters. The molecule has 4 aromatic rings. The monoisotopic (exact) mass is 416 g/mol. The summed E-state index contributed by atoms with van der Waals surface area (Å²) in [4.78, 5) is 29.0. The number of hydrogen-bond donors (Lipinski definition) is 1. The maximum Gasteiger partial charge on any atom is 0.259 e. The molecule has 0 aliphatic rings. The lowest BCUT2D eigenvalue weighted by molar-refractivity contribution is -0.116. The quantitative estimate of drug-likeness (QED) is 0.516. The molecule has 8 heteroatoms. The average Bonchev–Trinajstić information content (AvgIpc) is 3.27. The van der Waals surface area contributed by atoms with E-state index in [4.69, 9.17) is 9.26 Å². The van der Waals surface area contributed by atoms with Crippen molar-refractivity contribution in [3.05, 3.63) is 82.8 Å². The number of carbonyl (C=O) groups is 1. The van der Waals surface area contributed by atoms with E-state index >= 15 is 0 Å². The predicted octanol–water partition coefficient (Wildman–Crippen LogP) is 3.52. The van der Waals surface area contributed by atoms with Crippen molar-refractivity contribution in [2.75, 3.05) is 12.4 Å². The number of methoxy groups -OCH3 is 1. The molecule has 0 saturated carbocycles. The van der Waals surface area contributed by atoms with E-state index in [1.807, 2.05) is 43.3 Å². The maximum absolute atomic E-state index is 12.4. The molecular formula is C23H20N4O4. The van der Waals surface area contributed by atoms with Gasteiger partial charge in [-0.2, -0.15) is 4.98 Å². The van der Waals surface area contributed by atoms with Gasteiger partial charge in [0.15, 0.2) is 0 Å². The summed E-state index contributed by atoms with van der Waals surface area (Å²) in [5.74, 6) is 1.07. The van der Waals surface area contributed by atoms with Gasteiger partial charge >= 0.3 is 0 Å². The minimum absolute atomic E-state index is 0.139. The molecule has 2 aromatic carbocycles. The number of anilines is 1. The minimum atomic E-state index is -0.312. The Morgan fingerprint density at radius 3 is 2.45 bits per heavy atom. The highest BCUT2D eigenvalue weighted by Crippen LogP contribution is 2.23. The van der Waals surface area contributed by atoms with Gasteiger partial charge < -0.3 is 19.1 Å². The second kappa shape index (κ2) is 8.66. The summed E-state index contributed by atoms with van der Waals surface area (Å²) in [6, 6.07) is 17.6. The van der Waals surface area contributed by atoms with Crippen molar-refractivity contribution >= 4 is 11.6 Å². The molecule has 1 amide bonds. The fourth-order valence-corrected chi connectivity index (χ4v) is 2.97. The van der Waals surface area contributed by atoms with Crippen molar-refractivity contribution in [2.45, 2.75) is 13.5 Å². The summed E-state index contributed by atoms with van der Waals surface area (Å²) in [7, 11) is 1.59. The maximum atomic E-state index is 12.4. The molecule has 0 bridgehead atoms. The fraction of sp³-hybridized carbons (Fsp3) is 0.130. The van der Waals surface area contributed by atoms with Crippen LogP contribution in [0, 0.1) is 6.92 Å². The molecule has 0 aliphatic heterocycles. The van der Waals surface area contributed by atoms with Crippen molar-refractivity contribution < 1.29 is 14.1 Å². The van der Waals surface area contributed by atoms with E-state index < -0.39 is 0 Å². The number of nitrogens with one attached hydrogen (secondary N) is 1. The molecule has 0 aliphatic carbocycles. The van der Waals surface area contributed by atoms with Crippen LogP contribution in [0.4, 0.5) is 5.69 Å². The van der Waals surface area contributed by atoms with E-state index in [0.717, 1.165) is 16.9 Å². The molecule has 0 atom stereocenters. The predicted molar refractivity (Wildman–Crippen MR) is 116 cm³/mol.